The summed E-state index contributed by atoms with van der Waals surface area (Å²) in [5.41, 5.74) is 0. The summed E-state index contributed by atoms with van der Waals surface area (Å²) < 4.78 is 5.67. The van der Waals surface area contributed by atoms with Gasteiger partial charge < -0.3 is 10.1 Å². The number of ether oxygens (including phenoxy) is 1. The van der Waals surface area contributed by atoms with Crippen molar-refractivity contribution in [3.63, 3.8) is 0 Å². The zero-order chi connectivity index (χ0) is 13.4. The molecular weight excluding hydrogens is 224 g/mol. The van der Waals surface area contributed by atoms with Gasteiger partial charge in [-0.25, -0.2) is 0 Å². The van der Waals surface area contributed by atoms with Crippen molar-refractivity contribution in [2.24, 2.45) is 5.92 Å². The minimum Gasteiger partial charge on any atom is -0.377 e. The van der Waals surface area contributed by atoms with E-state index in [1.165, 1.54) is 25.8 Å². The highest BCUT2D eigenvalue weighted by molar-refractivity contribution is 4.78. The van der Waals surface area contributed by atoms with Crippen molar-refractivity contribution in [1.82, 2.24) is 10.2 Å². The van der Waals surface area contributed by atoms with E-state index in [9.17, 15) is 0 Å². The van der Waals surface area contributed by atoms with Gasteiger partial charge in [0.2, 0.25) is 0 Å². The van der Waals surface area contributed by atoms with Crippen molar-refractivity contribution >= 4 is 0 Å². The van der Waals surface area contributed by atoms with Gasteiger partial charge in [0.05, 0.1) is 12.7 Å². The minimum absolute atomic E-state index is 0.354. The van der Waals surface area contributed by atoms with Gasteiger partial charge in [0.15, 0.2) is 0 Å². The summed E-state index contributed by atoms with van der Waals surface area (Å²) in [5, 5.41) is 3.60. The van der Waals surface area contributed by atoms with Gasteiger partial charge in [-0.2, -0.15) is 0 Å². The summed E-state index contributed by atoms with van der Waals surface area (Å²) in [6.45, 7) is 14.2. The van der Waals surface area contributed by atoms with Crippen LogP contribution in [0, 0.1) is 5.92 Å². The SMILES string of the molecule is CC(C)CNCC1CCCCN1CCOC(C)C. The molecule has 0 aromatic heterocycles. The van der Waals surface area contributed by atoms with Crippen molar-refractivity contribution in [2.45, 2.75) is 59.1 Å². The number of rotatable bonds is 8. The van der Waals surface area contributed by atoms with Gasteiger partial charge in [-0.1, -0.05) is 20.3 Å². The Hall–Kier alpha value is -0.120. The summed E-state index contributed by atoms with van der Waals surface area (Å²) in [7, 11) is 0. The summed E-state index contributed by atoms with van der Waals surface area (Å²) in [5.74, 6) is 0.742. The fraction of sp³-hybridized carbons (Fsp3) is 1.00. The van der Waals surface area contributed by atoms with Crippen LogP contribution in [0.5, 0.6) is 0 Å². The van der Waals surface area contributed by atoms with Gasteiger partial charge in [-0.05, 0) is 45.7 Å². The van der Waals surface area contributed by atoms with Crippen LogP contribution in [0.3, 0.4) is 0 Å². The molecule has 0 saturated carbocycles. The Kier molecular flexibility index (Phi) is 7.87. The van der Waals surface area contributed by atoms with Crippen LogP contribution in [0.1, 0.15) is 47.0 Å². The first-order valence-corrected chi connectivity index (χ1v) is 7.66. The molecule has 1 rings (SSSR count). The molecule has 0 aromatic carbocycles. The van der Waals surface area contributed by atoms with Gasteiger partial charge >= 0.3 is 0 Å². The van der Waals surface area contributed by atoms with Crippen LogP contribution in [0.15, 0.2) is 0 Å². The Labute approximate surface area is 113 Å². The van der Waals surface area contributed by atoms with Crippen molar-refractivity contribution < 1.29 is 4.74 Å². The summed E-state index contributed by atoms with van der Waals surface area (Å²) in [6, 6.07) is 0.716. The van der Waals surface area contributed by atoms with Gasteiger partial charge in [0.25, 0.3) is 0 Å². The van der Waals surface area contributed by atoms with E-state index in [0.717, 1.165) is 32.2 Å². The first kappa shape index (κ1) is 15.9. The normalized spacial score (nSPS) is 22.0. The molecule has 0 aliphatic carbocycles. The molecule has 1 aliphatic heterocycles. The second-order valence-corrected chi connectivity index (χ2v) is 6.16. The van der Waals surface area contributed by atoms with Crippen LogP contribution in [-0.2, 0) is 4.74 Å². The zero-order valence-corrected chi connectivity index (χ0v) is 12.7. The summed E-state index contributed by atoms with van der Waals surface area (Å²) in [6.07, 6.45) is 4.43. The minimum atomic E-state index is 0.354. The number of piperidine rings is 1. The van der Waals surface area contributed by atoms with E-state index in [0.29, 0.717) is 12.1 Å². The molecule has 1 fully saturated rings. The first-order chi connectivity index (χ1) is 8.59. The third kappa shape index (κ3) is 6.72. The molecule has 3 heteroatoms. The quantitative estimate of drug-likeness (QED) is 0.722. The largest absolute Gasteiger partial charge is 0.377 e. The van der Waals surface area contributed by atoms with Crippen molar-refractivity contribution in [3.05, 3.63) is 0 Å². The summed E-state index contributed by atoms with van der Waals surface area (Å²) >= 11 is 0. The monoisotopic (exact) mass is 256 g/mol. The molecule has 0 bridgehead atoms. The number of hydrogen-bond acceptors (Lipinski definition) is 3. The molecule has 1 atom stereocenters. The van der Waals surface area contributed by atoms with Crippen LogP contribution >= 0.6 is 0 Å². The van der Waals surface area contributed by atoms with Crippen molar-refractivity contribution in [1.29, 1.82) is 0 Å². The fourth-order valence-electron chi connectivity index (χ4n) is 2.53. The molecular formula is C15H32N2O. The second kappa shape index (κ2) is 8.89. The maximum atomic E-state index is 5.67. The van der Waals surface area contributed by atoms with Gasteiger partial charge in [0.1, 0.15) is 0 Å². The maximum absolute atomic E-state index is 5.67. The van der Waals surface area contributed by atoms with Crippen LogP contribution in [0.25, 0.3) is 0 Å². The third-order valence-corrected chi connectivity index (χ3v) is 3.51. The molecule has 0 spiro atoms. The van der Waals surface area contributed by atoms with Crippen molar-refractivity contribution in [3.8, 4) is 0 Å². The molecule has 1 N–H and O–H groups in total. The van der Waals surface area contributed by atoms with Gasteiger partial charge in [-0.3, -0.25) is 4.90 Å². The number of likely N-dealkylation sites (tertiary alicyclic amines) is 1. The standard InChI is InChI=1S/C15H32N2O/c1-13(2)11-16-12-15-7-5-6-8-17(15)9-10-18-14(3)4/h13-16H,5-12H2,1-4H3. The topological polar surface area (TPSA) is 24.5 Å². The molecule has 0 radical (unpaired) electrons. The van der Waals surface area contributed by atoms with Gasteiger partial charge in [-0.15, -0.1) is 0 Å². The maximum Gasteiger partial charge on any atom is 0.0597 e. The lowest BCUT2D eigenvalue weighted by Crippen LogP contribution is -2.47. The molecule has 0 amide bonds. The Morgan fingerprint density at radius 3 is 2.67 bits per heavy atom. The van der Waals surface area contributed by atoms with Crippen LogP contribution in [0.4, 0.5) is 0 Å². The van der Waals surface area contributed by atoms with E-state index in [-0.39, 0.29) is 0 Å². The van der Waals surface area contributed by atoms with Crippen LogP contribution in [-0.4, -0.2) is 49.8 Å². The first-order valence-electron chi connectivity index (χ1n) is 7.66. The number of hydrogen-bond donors (Lipinski definition) is 1. The van der Waals surface area contributed by atoms with E-state index >= 15 is 0 Å². The second-order valence-electron chi connectivity index (χ2n) is 6.16. The van der Waals surface area contributed by atoms with Crippen LogP contribution in [0.2, 0.25) is 0 Å². The third-order valence-electron chi connectivity index (χ3n) is 3.51. The Bertz CT molecular complexity index is 185. The highest BCUT2D eigenvalue weighted by Crippen LogP contribution is 2.16. The fourth-order valence-corrected chi connectivity index (χ4v) is 2.53. The highest BCUT2D eigenvalue weighted by atomic mass is 16.5. The smallest absolute Gasteiger partial charge is 0.0597 e. The van der Waals surface area contributed by atoms with Crippen LogP contribution < -0.4 is 5.32 Å². The predicted molar refractivity (Wildman–Crippen MR) is 78.0 cm³/mol. The van der Waals surface area contributed by atoms with Gasteiger partial charge in [0, 0.05) is 19.1 Å². The molecule has 1 unspecified atom stereocenters. The van der Waals surface area contributed by atoms with E-state index in [1.807, 2.05) is 0 Å². The molecule has 0 aromatic rings. The molecule has 1 aliphatic rings. The average molecular weight is 256 g/mol. The summed E-state index contributed by atoms with van der Waals surface area (Å²) in [4.78, 5) is 2.61. The Morgan fingerprint density at radius 1 is 1.22 bits per heavy atom. The lowest BCUT2D eigenvalue weighted by Gasteiger charge is -2.36. The zero-order valence-electron chi connectivity index (χ0n) is 12.7. The lowest BCUT2D eigenvalue weighted by molar-refractivity contribution is 0.0400. The average Bonchev–Trinajstić information content (AvgIpc) is 2.30. The van der Waals surface area contributed by atoms with E-state index in [4.69, 9.17) is 4.74 Å². The molecule has 3 nitrogen and oxygen atoms in total. The molecule has 1 saturated heterocycles. The highest BCUT2D eigenvalue weighted by Gasteiger charge is 2.21. The van der Waals surface area contributed by atoms with Crippen molar-refractivity contribution in [2.75, 3.05) is 32.8 Å². The van der Waals surface area contributed by atoms with E-state index < -0.39 is 0 Å². The molecule has 1 heterocycles. The predicted octanol–water partition coefficient (Wildman–Crippen LogP) is 2.51. The van der Waals surface area contributed by atoms with E-state index in [1.54, 1.807) is 0 Å². The lowest BCUT2D eigenvalue weighted by atomic mass is 10.0. The van der Waals surface area contributed by atoms with E-state index in [2.05, 4.69) is 37.9 Å². The molecule has 108 valence electrons. The number of nitrogens with zero attached hydrogens (tertiary/aromatic N) is 1. The Balaban J connectivity index is 2.23. The Morgan fingerprint density at radius 2 is 2.00 bits per heavy atom. The number of nitrogens with one attached hydrogen (secondary N) is 1. The molecule has 18 heavy (non-hydrogen) atoms.